The molecule has 336 valence electrons. The molecule has 0 saturated heterocycles. The average molecular weight is 1050 g/mol. The lowest BCUT2D eigenvalue weighted by Crippen LogP contribution is -2.45. The SMILES string of the molecule is O=C(CCS)OCC(COC(=O)CCS)(COC(=O)CCS)COC(=O)CCS.O=C(OCC(COC(=O)C(S)S)(COC(=O)C(S)S)COC(=O)C(S)S)C(S)S. The lowest BCUT2D eigenvalue weighted by Gasteiger charge is -2.32. The van der Waals surface area contributed by atoms with Gasteiger partial charge in [-0.15, -0.1) is 0 Å². The molecular formula is C30H48O16S12. The quantitative estimate of drug-likeness (QED) is 0.0235. The molecule has 0 aromatic heterocycles. The Kier molecular flexibility index (Phi) is 35.7. The van der Waals surface area contributed by atoms with Gasteiger partial charge in [0.15, 0.2) is 0 Å². The highest BCUT2D eigenvalue weighted by molar-refractivity contribution is 8.01. The molecule has 0 aliphatic rings. The summed E-state index contributed by atoms with van der Waals surface area (Å²) in [6, 6.07) is 0. The van der Waals surface area contributed by atoms with E-state index in [-0.39, 0.29) is 75.1 Å². The van der Waals surface area contributed by atoms with E-state index >= 15 is 0 Å². The van der Waals surface area contributed by atoms with Gasteiger partial charge in [-0.2, -0.15) is 152 Å². The van der Waals surface area contributed by atoms with E-state index in [1.54, 1.807) is 0 Å². The van der Waals surface area contributed by atoms with E-state index in [1.807, 2.05) is 0 Å². The number of thiol groups is 12. The maximum absolute atomic E-state index is 11.8. The van der Waals surface area contributed by atoms with Gasteiger partial charge in [-0.25, -0.2) is 19.2 Å². The van der Waals surface area contributed by atoms with E-state index in [0.29, 0.717) is 0 Å². The number of ether oxygens (including phenoxy) is 8. The molecule has 0 saturated carbocycles. The Balaban J connectivity index is 0. The molecule has 0 heterocycles. The molecule has 0 unspecified atom stereocenters. The molecule has 0 aliphatic heterocycles. The van der Waals surface area contributed by atoms with Crippen LogP contribution < -0.4 is 0 Å². The third kappa shape index (κ3) is 29.3. The monoisotopic (exact) mass is 1050 g/mol. The van der Waals surface area contributed by atoms with Crippen molar-refractivity contribution in [3.8, 4) is 0 Å². The van der Waals surface area contributed by atoms with Crippen molar-refractivity contribution in [2.45, 2.75) is 44.0 Å². The zero-order valence-electron chi connectivity index (χ0n) is 30.5. The van der Waals surface area contributed by atoms with Crippen molar-refractivity contribution < 1.29 is 76.3 Å². The van der Waals surface area contributed by atoms with Gasteiger partial charge >= 0.3 is 47.8 Å². The summed E-state index contributed by atoms with van der Waals surface area (Å²) in [5, 5.41) is 0. The minimum absolute atomic E-state index is 0.0670. The van der Waals surface area contributed by atoms with Crippen LogP contribution in [0, 0.1) is 10.8 Å². The van der Waals surface area contributed by atoms with E-state index in [4.69, 9.17) is 37.9 Å². The fourth-order valence-electron chi connectivity index (χ4n) is 3.28. The maximum atomic E-state index is 11.8. The van der Waals surface area contributed by atoms with Crippen LogP contribution in [0.25, 0.3) is 0 Å². The van der Waals surface area contributed by atoms with Gasteiger partial charge in [0.05, 0.1) is 25.7 Å². The molecule has 0 N–H and O–H groups in total. The highest BCUT2D eigenvalue weighted by Gasteiger charge is 2.40. The Morgan fingerprint density at radius 1 is 0.310 bits per heavy atom. The minimum atomic E-state index is -1.48. The van der Waals surface area contributed by atoms with Gasteiger partial charge < -0.3 is 37.9 Å². The second kappa shape index (κ2) is 34.4. The highest BCUT2D eigenvalue weighted by atomic mass is 32.2. The molecule has 28 heteroatoms. The number of carbonyl (C=O) groups is 8. The molecule has 58 heavy (non-hydrogen) atoms. The van der Waals surface area contributed by atoms with Crippen molar-refractivity contribution in [3.05, 3.63) is 0 Å². The third-order valence-electron chi connectivity index (χ3n) is 6.35. The van der Waals surface area contributed by atoms with Crippen molar-refractivity contribution in [2.24, 2.45) is 10.8 Å². The standard InChI is InChI=1S/C17H28O8S4.C13H20O8S8/c18-13(1-5-26)22-9-17(10-23-14(19)2-6-27,11-24-15(20)3-7-28)12-25-16(21)4-8-29;14-5(9(22)23)18-1-13(2-19-6(15)10(24)25,3-20-7(16)11(26)27)4-21-8(17)12(28)29/h26-29H,1-12H2;9-12,22-29H,1-4H2. The predicted octanol–water partition coefficient (Wildman–Crippen LogP) is 2.31. The summed E-state index contributed by atoms with van der Waals surface area (Å²) in [6.07, 6.45) is 0.268. The Bertz CT molecular complexity index is 1110. The van der Waals surface area contributed by atoms with Crippen molar-refractivity contribution in [1.29, 1.82) is 0 Å². The van der Waals surface area contributed by atoms with Crippen LogP contribution in [0.5, 0.6) is 0 Å². The zero-order chi connectivity index (χ0) is 44.9. The topological polar surface area (TPSA) is 210 Å². The van der Waals surface area contributed by atoms with Crippen molar-refractivity contribution in [2.75, 3.05) is 75.9 Å². The summed E-state index contributed by atoms with van der Waals surface area (Å²) in [6.45, 7) is -3.04. The number of hydrogen-bond acceptors (Lipinski definition) is 28. The van der Waals surface area contributed by atoms with Crippen LogP contribution in [0.4, 0.5) is 0 Å². The first-order valence-electron chi connectivity index (χ1n) is 16.3. The average Bonchev–Trinajstić information content (AvgIpc) is 3.16. The Hall–Kier alpha value is -0.0400. The van der Waals surface area contributed by atoms with Crippen LogP contribution in [0.3, 0.4) is 0 Å². The lowest BCUT2D eigenvalue weighted by atomic mass is 9.92. The zero-order valence-corrected chi connectivity index (χ0v) is 41.3. The molecule has 0 amide bonds. The van der Waals surface area contributed by atoms with Gasteiger partial charge in [-0.3, -0.25) is 19.2 Å². The van der Waals surface area contributed by atoms with E-state index in [2.05, 4.69) is 152 Å². The molecule has 0 spiro atoms. The van der Waals surface area contributed by atoms with Gasteiger partial charge in [0, 0.05) is 23.0 Å². The Morgan fingerprint density at radius 2 is 0.466 bits per heavy atom. The normalized spacial score (nSPS) is 11.3. The fourth-order valence-corrected chi connectivity index (χ4v) is 4.61. The largest absolute Gasteiger partial charge is 0.465 e. The first kappa shape index (κ1) is 60.0. The summed E-state index contributed by atoms with van der Waals surface area (Å²) < 4.78 is 36.9. The van der Waals surface area contributed by atoms with Crippen molar-refractivity contribution in [3.63, 3.8) is 0 Å². The fraction of sp³-hybridized carbons (Fsp3) is 0.733. The van der Waals surface area contributed by atoms with Crippen LogP contribution in [-0.4, -0.2) is 142 Å². The number of esters is 8. The van der Waals surface area contributed by atoms with Gasteiger partial charge in [0.25, 0.3) is 0 Å². The molecule has 0 fully saturated rings. The van der Waals surface area contributed by atoms with Crippen molar-refractivity contribution in [1.82, 2.24) is 0 Å². The lowest BCUT2D eigenvalue weighted by molar-refractivity contribution is -0.172. The Labute approximate surface area is 402 Å². The third-order valence-corrected chi connectivity index (χ3v) is 8.93. The number of rotatable bonds is 28. The summed E-state index contributed by atoms with van der Waals surface area (Å²) in [7, 11) is 0. The maximum Gasteiger partial charge on any atom is 0.328 e. The molecule has 0 radical (unpaired) electrons. The predicted molar refractivity (Wildman–Crippen MR) is 253 cm³/mol. The smallest absolute Gasteiger partial charge is 0.328 e. The van der Waals surface area contributed by atoms with Crippen LogP contribution in [0.1, 0.15) is 25.7 Å². The Morgan fingerprint density at radius 3 is 0.603 bits per heavy atom. The molecule has 0 aromatic carbocycles. The molecule has 0 bridgehead atoms. The number of carbonyl (C=O) groups excluding carboxylic acids is 8. The molecular weight excluding hydrogens is 1000 g/mol. The number of hydrogen-bond donors (Lipinski definition) is 12. The van der Waals surface area contributed by atoms with E-state index < -0.39 is 103 Å². The second-order valence-electron chi connectivity index (χ2n) is 11.5. The van der Waals surface area contributed by atoms with Crippen LogP contribution in [-0.2, 0) is 76.3 Å². The summed E-state index contributed by atoms with van der Waals surface area (Å²) in [5.74, 6) is -4.28. The van der Waals surface area contributed by atoms with E-state index in [9.17, 15) is 38.4 Å². The van der Waals surface area contributed by atoms with Gasteiger partial charge in [-0.05, 0) is 0 Å². The molecule has 0 rings (SSSR count). The van der Waals surface area contributed by atoms with Crippen LogP contribution in [0.2, 0.25) is 0 Å². The molecule has 0 aliphatic carbocycles. The van der Waals surface area contributed by atoms with E-state index in [1.165, 1.54) is 0 Å². The molecule has 16 nitrogen and oxygen atoms in total. The highest BCUT2D eigenvalue weighted by Crippen LogP contribution is 2.25. The summed E-state index contributed by atoms with van der Waals surface area (Å²) >= 11 is 46.5. The summed E-state index contributed by atoms with van der Waals surface area (Å²) in [4.78, 5) is 94.2. The van der Waals surface area contributed by atoms with Gasteiger partial charge in [0.2, 0.25) is 0 Å². The first-order valence-corrected chi connectivity index (χ1v) is 23.0. The van der Waals surface area contributed by atoms with Crippen LogP contribution in [0.15, 0.2) is 0 Å². The molecule has 0 atom stereocenters. The van der Waals surface area contributed by atoms with Crippen LogP contribution >= 0.6 is 152 Å². The molecule has 0 aromatic rings. The van der Waals surface area contributed by atoms with Gasteiger partial charge in [0.1, 0.15) is 82.0 Å². The second-order valence-corrected chi connectivity index (χ2v) is 19.0. The van der Waals surface area contributed by atoms with Gasteiger partial charge in [-0.1, -0.05) is 0 Å². The minimum Gasteiger partial charge on any atom is -0.465 e. The van der Waals surface area contributed by atoms with Crippen molar-refractivity contribution >= 4 is 199 Å². The first-order chi connectivity index (χ1) is 27.1. The summed E-state index contributed by atoms with van der Waals surface area (Å²) in [5.41, 5.74) is -2.73. The van der Waals surface area contributed by atoms with E-state index in [0.717, 1.165) is 0 Å².